The van der Waals surface area contributed by atoms with Crippen LogP contribution in [0.25, 0.3) is 0 Å². The van der Waals surface area contributed by atoms with Crippen LogP contribution >= 0.6 is 0 Å². The minimum Gasteiger partial charge on any atom is -0.434 e. The van der Waals surface area contributed by atoms with Gasteiger partial charge < -0.3 is 9.84 Å². The zero-order valence-corrected chi connectivity index (χ0v) is 10.4. The van der Waals surface area contributed by atoms with Crippen molar-refractivity contribution < 1.29 is 31.8 Å². The molecule has 0 aliphatic heterocycles. The second kappa shape index (κ2) is 6.09. The Labute approximate surface area is 116 Å². The van der Waals surface area contributed by atoms with E-state index in [4.69, 9.17) is 0 Å². The number of hydrogen-bond acceptors (Lipinski definition) is 2. The highest BCUT2D eigenvalue weighted by Gasteiger charge is 2.24. The Hall–Kier alpha value is -2.15. The van der Waals surface area contributed by atoms with Gasteiger partial charge in [0.05, 0.1) is 5.56 Å². The van der Waals surface area contributed by atoms with Crippen LogP contribution in [0.4, 0.5) is 22.0 Å². The highest BCUT2D eigenvalue weighted by atomic mass is 19.3. The van der Waals surface area contributed by atoms with Crippen molar-refractivity contribution in [2.75, 3.05) is 0 Å². The lowest BCUT2D eigenvalue weighted by molar-refractivity contribution is -0.0512. The van der Waals surface area contributed by atoms with Gasteiger partial charge in [-0.15, -0.1) is 0 Å². The third-order valence-electron chi connectivity index (χ3n) is 2.75. The first-order valence-corrected chi connectivity index (χ1v) is 5.76. The topological polar surface area (TPSA) is 29.5 Å². The van der Waals surface area contributed by atoms with Crippen molar-refractivity contribution in [3.63, 3.8) is 0 Å². The number of hydrogen-bond donors (Lipinski definition) is 1. The molecule has 0 bridgehead atoms. The van der Waals surface area contributed by atoms with Gasteiger partial charge in [0.15, 0.2) is 0 Å². The van der Waals surface area contributed by atoms with E-state index in [0.717, 1.165) is 6.07 Å². The Morgan fingerprint density at radius 3 is 2.10 bits per heavy atom. The molecule has 0 aromatic heterocycles. The van der Waals surface area contributed by atoms with Crippen LogP contribution in [0.5, 0.6) is 5.75 Å². The largest absolute Gasteiger partial charge is 0.434 e. The summed E-state index contributed by atoms with van der Waals surface area (Å²) in [6, 6.07) is 5.78. The molecule has 1 unspecified atom stereocenters. The molecule has 21 heavy (non-hydrogen) atoms. The molecule has 0 aliphatic carbocycles. The number of halogens is 5. The predicted octanol–water partition coefficient (Wildman–Crippen LogP) is 3.79. The molecule has 0 saturated heterocycles. The summed E-state index contributed by atoms with van der Waals surface area (Å²) >= 11 is 0. The normalized spacial score (nSPS) is 12.5. The molecule has 0 fully saturated rings. The maximum atomic E-state index is 13.6. The Morgan fingerprint density at radius 1 is 0.952 bits per heavy atom. The van der Waals surface area contributed by atoms with Gasteiger partial charge in [-0.2, -0.15) is 8.78 Å². The molecule has 0 spiro atoms. The number of para-hydroxylation sites is 1. The lowest BCUT2D eigenvalue weighted by atomic mass is 9.99. The van der Waals surface area contributed by atoms with Crippen molar-refractivity contribution in [1.29, 1.82) is 0 Å². The van der Waals surface area contributed by atoms with Crippen molar-refractivity contribution in [3.8, 4) is 5.75 Å². The van der Waals surface area contributed by atoms with E-state index in [1.54, 1.807) is 0 Å². The van der Waals surface area contributed by atoms with E-state index in [-0.39, 0.29) is 5.56 Å². The monoisotopic (exact) mass is 304 g/mol. The minimum absolute atomic E-state index is 0.262. The number of ether oxygens (including phenoxy) is 1. The molecule has 0 amide bonds. The van der Waals surface area contributed by atoms with E-state index < -0.39 is 41.5 Å². The van der Waals surface area contributed by atoms with Crippen LogP contribution in [0.2, 0.25) is 0 Å². The maximum Gasteiger partial charge on any atom is 0.387 e. The van der Waals surface area contributed by atoms with Gasteiger partial charge in [0.1, 0.15) is 29.3 Å². The molecule has 7 heteroatoms. The van der Waals surface area contributed by atoms with E-state index in [0.29, 0.717) is 12.1 Å². The van der Waals surface area contributed by atoms with Gasteiger partial charge in [-0.3, -0.25) is 0 Å². The molecular formula is C14H9F5O2. The molecule has 112 valence electrons. The number of benzene rings is 2. The summed E-state index contributed by atoms with van der Waals surface area (Å²) in [5.74, 6) is -4.24. The zero-order valence-electron chi connectivity index (χ0n) is 10.4. The lowest BCUT2D eigenvalue weighted by Crippen LogP contribution is -2.10. The molecule has 0 radical (unpaired) electrons. The van der Waals surface area contributed by atoms with Crippen molar-refractivity contribution in [3.05, 3.63) is 65.0 Å². The van der Waals surface area contributed by atoms with E-state index in [2.05, 4.69) is 4.74 Å². The molecule has 2 rings (SSSR count). The van der Waals surface area contributed by atoms with Crippen molar-refractivity contribution >= 4 is 0 Å². The third-order valence-corrected chi connectivity index (χ3v) is 2.75. The van der Waals surface area contributed by atoms with Crippen molar-refractivity contribution in [2.45, 2.75) is 12.7 Å². The van der Waals surface area contributed by atoms with E-state index in [9.17, 15) is 27.1 Å². The Kier molecular flexibility index (Phi) is 4.42. The molecule has 2 aromatic carbocycles. The number of aliphatic hydroxyl groups excluding tert-OH is 1. The summed E-state index contributed by atoms with van der Waals surface area (Å²) in [6.45, 7) is -3.17. The van der Waals surface area contributed by atoms with Gasteiger partial charge in [0, 0.05) is 17.7 Å². The first-order chi connectivity index (χ1) is 9.90. The molecule has 0 saturated carbocycles. The van der Waals surface area contributed by atoms with Gasteiger partial charge in [-0.25, -0.2) is 13.2 Å². The fourth-order valence-electron chi connectivity index (χ4n) is 1.88. The molecular weight excluding hydrogens is 295 g/mol. The summed E-state index contributed by atoms with van der Waals surface area (Å²) in [4.78, 5) is 0. The summed E-state index contributed by atoms with van der Waals surface area (Å²) in [5, 5.41) is 10.0. The maximum absolute atomic E-state index is 13.6. The molecule has 1 atom stereocenters. The fourth-order valence-corrected chi connectivity index (χ4v) is 1.88. The Bertz CT molecular complexity index is 622. The van der Waals surface area contributed by atoms with Crippen LogP contribution in [-0.4, -0.2) is 11.7 Å². The Morgan fingerprint density at radius 2 is 1.52 bits per heavy atom. The molecule has 1 N–H and O–H groups in total. The highest BCUT2D eigenvalue weighted by molar-refractivity contribution is 5.41. The Balaban J connectivity index is 2.48. The van der Waals surface area contributed by atoms with Gasteiger partial charge in [-0.05, 0) is 6.07 Å². The smallest absolute Gasteiger partial charge is 0.387 e. The number of alkyl halides is 2. The molecule has 2 aromatic rings. The summed E-state index contributed by atoms with van der Waals surface area (Å²) in [6.07, 6.45) is -1.92. The molecule has 2 nitrogen and oxygen atoms in total. The average Bonchev–Trinajstić information content (AvgIpc) is 2.37. The van der Waals surface area contributed by atoms with Gasteiger partial charge >= 0.3 is 6.61 Å². The number of aliphatic hydroxyl groups is 1. The zero-order chi connectivity index (χ0) is 15.6. The predicted molar refractivity (Wildman–Crippen MR) is 63.5 cm³/mol. The average molecular weight is 304 g/mol. The quantitative estimate of drug-likeness (QED) is 0.871. The van der Waals surface area contributed by atoms with Gasteiger partial charge in [0.25, 0.3) is 0 Å². The lowest BCUT2D eigenvalue weighted by Gasteiger charge is -2.17. The van der Waals surface area contributed by atoms with Crippen molar-refractivity contribution in [1.82, 2.24) is 0 Å². The van der Waals surface area contributed by atoms with E-state index >= 15 is 0 Å². The third kappa shape index (κ3) is 3.30. The van der Waals surface area contributed by atoms with Crippen LogP contribution in [0.1, 0.15) is 17.2 Å². The standard InChI is InChI=1S/C14H9F5O2/c15-7-5-9(16)12(10(17)6-7)13(20)8-3-1-2-4-11(8)21-14(18)19/h1-6,13-14,20H. The van der Waals surface area contributed by atoms with Gasteiger partial charge in [-0.1, -0.05) is 18.2 Å². The number of rotatable bonds is 4. The summed E-state index contributed by atoms with van der Waals surface area (Å²) in [7, 11) is 0. The van der Waals surface area contributed by atoms with Gasteiger partial charge in [0.2, 0.25) is 0 Å². The second-order valence-electron chi connectivity index (χ2n) is 4.10. The first kappa shape index (κ1) is 15.2. The highest BCUT2D eigenvalue weighted by Crippen LogP contribution is 2.33. The van der Waals surface area contributed by atoms with Crippen LogP contribution in [0.3, 0.4) is 0 Å². The molecule has 0 aliphatic rings. The van der Waals surface area contributed by atoms with Crippen LogP contribution < -0.4 is 4.74 Å². The summed E-state index contributed by atoms with van der Waals surface area (Å²) in [5.41, 5.74) is -1.11. The van der Waals surface area contributed by atoms with Crippen molar-refractivity contribution in [2.24, 2.45) is 0 Å². The van der Waals surface area contributed by atoms with Crippen LogP contribution in [0.15, 0.2) is 36.4 Å². The summed E-state index contributed by atoms with van der Waals surface area (Å²) < 4.78 is 68.8. The van der Waals surface area contributed by atoms with Crippen LogP contribution in [0, 0.1) is 17.5 Å². The van der Waals surface area contributed by atoms with E-state index in [1.165, 1.54) is 18.2 Å². The fraction of sp³-hybridized carbons (Fsp3) is 0.143. The minimum atomic E-state index is -3.17. The van der Waals surface area contributed by atoms with Crippen LogP contribution in [-0.2, 0) is 0 Å². The second-order valence-corrected chi connectivity index (χ2v) is 4.10. The SMILES string of the molecule is OC(c1ccccc1OC(F)F)c1c(F)cc(F)cc1F. The first-order valence-electron chi connectivity index (χ1n) is 5.76. The van der Waals surface area contributed by atoms with E-state index in [1.807, 2.05) is 0 Å². The molecule has 0 heterocycles.